The number of halogens is 2. The van der Waals surface area contributed by atoms with E-state index in [1.54, 1.807) is 12.1 Å². The second-order valence-corrected chi connectivity index (χ2v) is 4.47. The zero-order chi connectivity index (χ0) is 14.3. The van der Waals surface area contributed by atoms with Crippen molar-refractivity contribution < 1.29 is 13.5 Å². The van der Waals surface area contributed by atoms with Crippen LogP contribution in [0.1, 0.15) is 0 Å². The summed E-state index contributed by atoms with van der Waals surface area (Å²) >= 11 is 5.17. The molecular weight excluding hydrogens is 284 g/mol. The molecule has 0 saturated heterocycles. The van der Waals surface area contributed by atoms with Gasteiger partial charge in [0.2, 0.25) is 5.88 Å². The molecule has 2 aromatic heterocycles. The van der Waals surface area contributed by atoms with Crippen LogP contribution in [0.2, 0.25) is 0 Å². The molecule has 20 heavy (non-hydrogen) atoms. The van der Waals surface area contributed by atoms with E-state index in [4.69, 9.17) is 17.0 Å². The van der Waals surface area contributed by atoms with Crippen LogP contribution in [-0.2, 0) is 0 Å². The first kappa shape index (κ1) is 12.7. The van der Waals surface area contributed by atoms with Crippen molar-refractivity contribution in [1.29, 1.82) is 0 Å². The Hall–Kier alpha value is -2.28. The summed E-state index contributed by atoms with van der Waals surface area (Å²) in [6.45, 7) is 0. The van der Waals surface area contributed by atoms with Gasteiger partial charge < -0.3 is 9.72 Å². The van der Waals surface area contributed by atoms with Crippen LogP contribution >= 0.6 is 12.2 Å². The molecule has 0 radical (unpaired) electrons. The molecule has 0 atom stereocenters. The number of H-pyrrole nitrogens is 1. The van der Waals surface area contributed by atoms with Crippen LogP contribution in [0.15, 0.2) is 30.3 Å². The van der Waals surface area contributed by atoms with Crippen molar-refractivity contribution in [3.8, 4) is 11.6 Å². The van der Waals surface area contributed by atoms with Crippen LogP contribution in [0.4, 0.5) is 8.78 Å². The van der Waals surface area contributed by atoms with Crippen LogP contribution < -0.4 is 4.74 Å². The predicted molar refractivity (Wildman–Crippen MR) is 72.7 cm³/mol. The highest BCUT2D eigenvalue weighted by Gasteiger charge is 2.13. The molecule has 0 aliphatic heterocycles. The van der Waals surface area contributed by atoms with Crippen molar-refractivity contribution in [2.24, 2.45) is 0 Å². The van der Waals surface area contributed by atoms with E-state index in [0.717, 1.165) is 6.07 Å². The first-order valence-corrected chi connectivity index (χ1v) is 6.12. The number of hydrogen-bond donors (Lipinski definition) is 1. The van der Waals surface area contributed by atoms with E-state index in [9.17, 15) is 8.78 Å². The van der Waals surface area contributed by atoms with E-state index in [-0.39, 0.29) is 10.5 Å². The Morgan fingerprint density at radius 1 is 1.25 bits per heavy atom. The first-order chi connectivity index (χ1) is 9.60. The van der Waals surface area contributed by atoms with Gasteiger partial charge in [0.25, 0.3) is 0 Å². The van der Waals surface area contributed by atoms with Gasteiger partial charge in [-0.1, -0.05) is 0 Å². The van der Waals surface area contributed by atoms with Crippen molar-refractivity contribution in [3.05, 3.63) is 46.7 Å². The summed E-state index contributed by atoms with van der Waals surface area (Å²) in [7, 11) is 1.48. The minimum Gasteiger partial charge on any atom is -0.481 e. The lowest BCUT2D eigenvalue weighted by molar-refractivity contribution is 0.399. The quantitative estimate of drug-likeness (QED) is 0.737. The van der Waals surface area contributed by atoms with E-state index in [1.165, 1.54) is 23.8 Å². The smallest absolute Gasteiger partial charge is 0.215 e. The molecule has 3 rings (SSSR count). The summed E-state index contributed by atoms with van der Waals surface area (Å²) < 4.78 is 33.6. The molecule has 3 aromatic rings. The van der Waals surface area contributed by atoms with Crippen LogP contribution in [0.3, 0.4) is 0 Å². The van der Waals surface area contributed by atoms with Gasteiger partial charge in [-0.05, 0) is 30.4 Å². The molecule has 0 amide bonds. The van der Waals surface area contributed by atoms with E-state index in [0.29, 0.717) is 17.0 Å². The van der Waals surface area contributed by atoms with Crippen molar-refractivity contribution in [3.63, 3.8) is 0 Å². The number of aromatic amines is 1. The highest BCUT2D eigenvalue weighted by molar-refractivity contribution is 7.71. The predicted octanol–water partition coefficient (Wildman–Crippen LogP) is 3.37. The van der Waals surface area contributed by atoms with Gasteiger partial charge in [0.15, 0.2) is 10.4 Å². The molecule has 0 fully saturated rings. The molecule has 0 aliphatic carbocycles. The fraction of sp³-hybridized carbons (Fsp3) is 0.0769. The normalized spacial score (nSPS) is 10.9. The van der Waals surface area contributed by atoms with Gasteiger partial charge in [-0.25, -0.2) is 8.78 Å². The summed E-state index contributed by atoms with van der Waals surface area (Å²) in [6, 6.07) is 6.68. The summed E-state index contributed by atoms with van der Waals surface area (Å²) in [5, 5.41) is 0. The number of methoxy groups -OCH3 is 1. The summed E-state index contributed by atoms with van der Waals surface area (Å²) in [4.78, 5) is 7.15. The molecule has 1 aromatic carbocycles. The van der Waals surface area contributed by atoms with Gasteiger partial charge in [0, 0.05) is 12.1 Å². The van der Waals surface area contributed by atoms with Crippen LogP contribution in [0, 0.1) is 16.4 Å². The van der Waals surface area contributed by atoms with Crippen LogP contribution in [0.25, 0.3) is 16.9 Å². The van der Waals surface area contributed by atoms with Crippen molar-refractivity contribution in [1.82, 2.24) is 14.5 Å². The lowest BCUT2D eigenvalue weighted by Crippen LogP contribution is -2.00. The standard InChI is InChI=1S/C13H9F2N3OS/c1-19-11-5-3-9-12(17-11)18(13(20)16-9)10-4-2-7(14)6-8(10)15/h2-6H,1H3,(H,16,20). The molecular formula is C13H9F2N3OS. The maximum atomic E-state index is 13.9. The molecule has 102 valence electrons. The second-order valence-electron chi connectivity index (χ2n) is 4.09. The number of hydrogen-bond acceptors (Lipinski definition) is 3. The molecule has 0 spiro atoms. The molecule has 0 unspecified atom stereocenters. The number of benzene rings is 1. The minimum atomic E-state index is -0.716. The Labute approximate surface area is 117 Å². The third kappa shape index (κ3) is 1.96. The van der Waals surface area contributed by atoms with E-state index < -0.39 is 11.6 Å². The zero-order valence-corrected chi connectivity index (χ0v) is 11.2. The monoisotopic (exact) mass is 293 g/mol. The van der Waals surface area contributed by atoms with Gasteiger partial charge in [-0.2, -0.15) is 4.98 Å². The highest BCUT2D eigenvalue weighted by Crippen LogP contribution is 2.22. The molecule has 0 bridgehead atoms. The van der Waals surface area contributed by atoms with E-state index in [1.807, 2.05) is 0 Å². The van der Waals surface area contributed by atoms with Gasteiger partial charge >= 0.3 is 0 Å². The lowest BCUT2D eigenvalue weighted by atomic mass is 10.3. The Morgan fingerprint density at radius 2 is 2.05 bits per heavy atom. The minimum absolute atomic E-state index is 0.128. The third-order valence-electron chi connectivity index (χ3n) is 2.87. The van der Waals surface area contributed by atoms with Gasteiger partial charge in [0.05, 0.1) is 18.3 Å². The number of ether oxygens (including phenoxy) is 1. The summed E-state index contributed by atoms with van der Waals surface area (Å²) in [6.07, 6.45) is 0. The van der Waals surface area contributed by atoms with Gasteiger partial charge in [-0.3, -0.25) is 4.57 Å². The Morgan fingerprint density at radius 3 is 2.75 bits per heavy atom. The number of pyridine rings is 1. The fourth-order valence-electron chi connectivity index (χ4n) is 1.97. The average molecular weight is 293 g/mol. The van der Waals surface area contributed by atoms with Crippen molar-refractivity contribution >= 4 is 23.4 Å². The number of aromatic nitrogens is 3. The number of imidazole rings is 1. The molecule has 7 heteroatoms. The topological polar surface area (TPSA) is 42.8 Å². The van der Waals surface area contributed by atoms with Gasteiger partial charge in [0.1, 0.15) is 11.6 Å². The van der Waals surface area contributed by atoms with E-state index >= 15 is 0 Å². The number of fused-ring (bicyclic) bond motifs is 1. The molecule has 2 heterocycles. The Kier molecular flexibility index (Phi) is 2.98. The van der Waals surface area contributed by atoms with Crippen molar-refractivity contribution in [2.45, 2.75) is 0 Å². The molecule has 0 saturated carbocycles. The number of nitrogens with zero attached hydrogens (tertiary/aromatic N) is 2. The van der Waals surface area contributed by atoms with Gasteiger partial charge in [-0.15, -0.1) is 0 Å². The third-order valence-corrected chi connectivity index (χ3v) is 3.15. The first-order valence-electron chi connectivity index (χ1n) is 5.71. The summed E-state index contributed by atoms with van der Waals surface area (Å²) in [5.74, 6) is -0.988. The maximum Gasteiger partial charge on any atom is 0.215 e. The lowest BCUT2D eigenvalue weighted by Gasteiger charge is -2.06. The molecule has 0 aliphatic rings. The largest absolute Gasteiger partial charge is 0.481 e. The number of nitrogens with one attached hydrogen (secondary N) is 1. The Balaban J connectivity index is 2.34. The molecule has 1 N–H and O–H groups in total. The zero-order valence-electron chi connectivity index (χ0n) is 10.4. The number of rotatable bonds is 2. The second kappa shape index (κ2) is 4.68. The maximum absolute atomic E-state index is 13.9. The Bertz CT molecular complexity index is 856. The van der Waals surface area contributed by atoms with E-state index in [2.05, 4.69) is 9.97 Å². The fourth-order valence-corrected chi connectivity index (χ4v) is 2.26. The highest BCUT2D eigenvalue weighted by atomic mass is 32.1. The van der Waals surface area contributed by atoms with Crippen LogP contribution in [0.5, 0.6) is 5.88 Å². The van der Waals surface area contributed by atoms with Crippen molar-refractivity contribution in [2.75, 3.05) is 7.11 Å². The molecule has 4 nitrogen and oxygen atoms in total. The van der Waals surface area contributed by atoms with Crippen LogP contribution in [-0.4, -0.2) is 21.6 Å². The SMILES string of the molecule is COc1ccc2[nH]c(=S)n(-c3ccc(F)cc3F)c2n1. The summed E-state index contributed by atoms with van der Waals surface area (Å²) in [5.41, 5.74) is 1.18. The average Bonchev–Trinajstić information content (AvgIpc) is 2.74.